The van der Waals surface area contributed by atoms with E-state index in [4.69, 9.17) is 34.8 Å². The zero-order valence-corrected chi connectivity index (χ0v) is 20.1. The Morgan fingerprint density at radius 2 is 1.70 bits per heavy atom. The van der Waals surface area contributed by atoms with Crippen LogP contribution in [0.1, 0.15) is 35.2 Å². The molecular formula is C26H23Cl3N2O2. The molecule has 1 unspecified atom stereocenters. The van der Waals surface area contributed by atoms with Gasteiger partial charge in [0.1, 0.15) is 6.04 Å². The Hall–Kier alpha value is -2.53. The molecule has 2 amide bonds. The number of likely N-dealkylation sites (tertiary alicyclic amines) is 1. The Labute approximate surface area is 208 Å². The third kappa shape index (κ3) is 5.70. The van der Waals surface area contributed by atoms with Gasteiger partial charge < -0.3 is 10.2 Å². The van der Waals surface area contributed by atoms with Crippen LogP contribution in [0.5, 0.6) is 0 Å². The van der Waals surface area contributed by atoms with Gasteiger partial charge >= 0.3 is 0 Å². The van der Waals surface area contributed by atoms with E-state index >= 15 is 0 Å². The maximum atomic E-state index is 13.3. The molecular weight excluding hydrogens is 479 g/mol. The highest BCUT2D eigenvalue weighted by Crippen LogP contribution is 2.30. The van der Waals surface area contributed by atoms with Gasteiger partial charge in [-0.2, -0.15) is 0 Å². The molecule has 1 N–H and O–H groups in total. The Morgan fingerprint density at radius 3 is 2.45 bits per heavy atom. The minimum atomic E-state index is -0.575. The highest BCUT2D eigenvalue weighted by Gasteiger charge is 2.29. The van der Waals surface area contributed by atoms with Crippen molar-refractivity contribution in [3.05, 3.63) is 92.9 Å². The lowest BCUT2D eigenvalue weighted by Gasteiger charge is -2.25. The van der Waals surface area contributed by atoms with Crippen LogP contribution in [0, 0.1) is 0 Å². The number of benzene rings is 3. The van der Waals surface area contributed by atoms with E-state index in [0.717, 1.165) is 29.5 Å². The first-order valence-corrected chi connectivity index (χ1v) is 11.9. The molecule has 170 valence electrons. The Balaban J connectivity index is 1.53. The molecule has 1 saturated heterocycles. The molecule has 4 nitrogen and oxygen atoms in total. The van der Waals surface area contributed by atoms with E-state index in [1.165, 1.54) is 0 Å². The number of hydrogen-bond donors (Lipinski definition) is 1. The molecule has 1 aliphatic heterocycles. The van der Waals surface area contributed by atoms with Crippen LogP contribution < -0.4 is 5.32 Å². The lowest BCUT2D eigenvalue weighted by molar-refractivity contribution is -0.133. The molecule has 33 heavy (non-hydrogen) atoms. The minimum Gasteiger partial charge on any atom is -0.340 e. The molecule has 0 aromatic heterocycles. The van der Waals surface area contributed by atoms with Crippen LogP contribution in [-0.4, -0.2) is 29.3 Å². The van der Waals surface area contributed by atoms with Crippen molar-refractivity contribution in [1.29, 1.82) is 0 Å². The molecule has 1 fully saturated rings. The van der Waals surface area contributed by atoms with E-state index in [9.17, 15) is 9.59 Å². The smallest absolute Gasteiger partial charge is 0.252 e. The molecule has 0 aliphatic carbocycles. The van der Waals surface area contributed by atoms with Crippen molar-refractivity contribution < 1.29 is 9.59 Å². The number of carbonyl (C=O) groups excluding carboxylic acids is 2. The van der Waals surface area contributed by atoms with E-state index in [1.807, 2.05) is 47.4 Å². The first-order valence-electron chi connectivity index (χ1n) is 10.8. The summed E-state index contributed by atoms with van der Waals surface area (Å²) in [6.45, 7) is 1.15. The molecule has 1 atom stereocenters. The summed E-state index contributed by atoms with van der Waals surface area (Å²) in [6.07, 6.45) is 2.37. The van der Waals surface area contributed by atoms with Crippen molar-refractivity contribution >= 4 is 46.6 Å². The second-order valence-corrected chi connectivity index (χ2v) is 9.33. The zero-order valence-electron chi connectivity index (χ0n) is 17.9. The Bertz CT molecular complexity index is 1160. The lowest BCUT2D eigenvalue weighted by atomic mass is 9.98. The van der Waals surface area contributed by atoms with E-state index in [0.29, 0.717) is 40.1 Å². The largest absolute Gasteiger partial charge is 0.340 e. The number of amides is 2. The van der Waals surface area contributed by atoms with Gasteiger partial charge in [0.2, 0.25) is 5.91 Å². The normalized spacial score (nSPS) is 16.4. The third-order valence-corrected chi connectivity index (χ3v) is 6.77. The van der Waals surface area contributed by atoms with Crippen molar-refractivity contribution in [2.45, 2.75) is 31.8 Å². The average molecular weight is 502 g/mol. The molecule has 3 aromatic rings. The van der Waals surface area contributed by atoms with E-state index in [-0.39, 0.29) is 11.8 Å². The fourth-order valence-electron chi connectivity index (χ4n) is 4.04. The maximum Gasteiger partial charge on any atom is 0.252 e. The first-order chi connectivity index (χ1) is 15.9. The van der Waals surface area contributed by atoms with Crippen LogP contribution in [0.3, 0.4) is 0 Å². The predicted octanol–water partition coefficient (Wildman–Crippen LogP) is 6.62. The van der Waals surface area contributed by atoms with Gasteiger partial charge in [-0.25, -0.2) is 0 Å². The summed E-state index contributed by atoms with van der Waals surface area (Å²) in [5, 5.41) is 4.50. The maximum absolute atomic E-state index is 13.3. The lowest BCUT2D eigenvalue weighted by Crippen LogP contribution is -2.47. The molecule has 0 saturated carbocycles. The van der Waals surface area contributed by atoms with Gasteiger partial charge in [0, 0.05) is 23.7 Å². The fraction of sp³-hybridized carbons (Fsp3) is 0.231. The van der Waals surface area contributed by atoms with E-state index in [2.05, 4.69) is 5.32 Å². The second kappa shape index (κ2) is 10.6. The highest BCUT2D eigenvalue weighted by atomic mass is 35.5. The monoisotopic (exact) mass is 500 g/mol. The zero-order chi connectivity index (χ0) is 23.4. The summed E-state index contributed by atoms with van der Waals surface area (Å²) < 4.78 is 0. The van der Waals surface area contributed by atoms with Gasteiger partial charge in [0.05, 0.1) is 10.0 Å². The van der Waals surface area contributed by atoms with Gasteiger partial charge in [0.25, 0.3) is 5.91 Å². The minimum absolute atomic E-state index is 0.0668. The molecule has 0 spiro atoms. The first kappa shape index (κ1) is 23.6. The van der Waals surface area contributed by atoms with Crippen LogP contribution in [0.2, 0.25) is 15.1 Å². The van der Waals surface area contributed by atoms with Crippen LogP contribution in [-0.2, 0) is 11.3 Å². The summed E-state index contributed by atoms with van der Waals surface area (Å²) in [4.78, 5) is 28.3. The summed E-state index contributed by atoms with van der Waals surface area (Å²) in [5.41, 5.74) is 3.00. The molecule has 7 heteroatoms. The topological polar surface area (TPSA) is 49.4 Å². The molecule has 0 bridgehead atoms. The number of nitrogens with zero attached hydrogens (tertiary/aromatic N) is 1. The number of nitrogens with one attached hydrogen (secondary N) is 1. The third-order valence-electron chi connectivity index (χ3n) is 5.77. The van der Waals surface area contributed by atoms with Gasteiger partial charge in [-0.1, -0.05) is 71.2 Å². The van der Waals surface area contributed by atoms with Crippen LogP contribution in [0.25, 0.3) is 11.1 Å². The SMILES string of the molecule is O=C(NC1CCCCN(Cc2ccc(Cl)cc2)C1=O)c1ccccc1-c1ccc(Cl)c(Cl)c1. The van der Waals surface area contributed by atoms with Gasteiger partial charge in [-0.15, -0.1) is 0 Å². The number of halogens is 3. The standard InChI is InChI=1S/C26H23Cl3N2O2/c27-19-11-8-17(9-12-19)16-31-14-4-3-7-24(26(31)33)30-25(32)21-6-2-1-5-20(21)18-10-13-22(28)23(29)15-18/h1-2,5-6,8-13,15,24H,3-4,7,14,16H2,(H,30,32). The highest BCUT2D eigenvalue weighted by molar-refractivity contribution is 6.42. The van der Waals surface area contributed by atoms with Crippen LogP contribution in [0.4, 0.5) is 0 Å². The molecule has 4 rings (SSSR count). The second-order valence-electron chi connectivity index (χ2n) is 8.08. The fourth-order valence-corrected chi connectivity index (χ4v) is 4.46. The quantitative estimate of drug-likeness (QED) is 0.427. The summed E-state index contributed by atoms with van der Waals surface area (Å²) in [6, 6.07) is 19.4. The summed E-state index contributed by atoms with van der Waals surface area (Å²) in [5.74, 6) is -0.355. The van der Waals surface area contributed by atoms with Crippen LogP contribution in [0.15, 0.2) is 66.7 Å². The average Bonchev–Trinajstić information content (AvgIpc) is 2.98. The number of hydrogen-bond acceptors (Lipinski definition) is 2. The van der Waals surface area contributed by atoms with Crippen molar-refractivity contribution in [2.24, 2.45) is 0 Å². The molecule has 0 radical (unpaired) electrons. The molecule has 1 heterocycles. The summed E-state index contributed by atoms with van der Waals surface area (Å²) in [7, 11) is 0. The number of carbonyl (C=O) groups is 2. The van der Waals surface area contributed by atoms with Gasteiger partial charge in [-0.3, -0.25) is 9.59 Å². The number of rotatable bonds is 5. The predicted molar refractivity (Wildman–Crippen MR) is 134 cm³/mol. The van der Waals surface area contributed by atoms with E-state index in [1.54, 1.807) is 24.3 Å². The van der Waals surface area contributed by atoms with E-state index < -0.39 is 6.04 Å². The van der Waals surface area contributed by atoms with Crippen molar-refractivity contribution in [3.8, 4) is 11.1 Å². The van der Waals surface area contributed by atoms with Crippen LogP contribution >= 0.6 is 34.8 Å². The molecule has 1 aliphatic rings. The molecule has 3 aromatic carbocycles. The summed E-state index contributed by atoms with van der Waals surface area (Å²) >= 11 is 18.2. The van der Waals surface area contributed by atoms with Gasteiger partial charge in [-0.05, 0) is 66.3 Å². The van der Waals surface area contributed by atoms with Crippen molar-refractivity contribution in [2.75, 3.05) is 6.54 Å². The van der Waals surface area contributed by atoms with Gasteiger partial charge in [0.15, 0.2) is 0 Å². The Kier molecular flexibility index (Phi) is 7.59. The Morgan fingerprint density at radius 1 is 0.939 bits per heavy atom. The van der Waals surface area contributed by atoms with Crippen molar-refractivity contribution in [1.82, 2.24) is 10.2 Å². The van der Waals surface area contributed by atoms with Crippen molar-refractivity contribution in [3.63, 3.8) is 0 Å².